The number of fused-ring (bicyclic) bond motifs is 3. The topological polar surface area (TPSA) is 41.8 Å². The molecule has 2 heteroatoms. The number of nitrogens with two attached hydrogens (primary N) is 1. The van der Waals surface area contributed by atoms with Crippen LogP contribution in [0.15, 0.2) is 42.5 Å². The molecule has 2 aromatic carbocycles. The van der Waals surface area contributed by atoms with E-state index in [1.54, 1.807) is 0 Å². The molecule has 0 radical (unpaired) electrons. The van der Waals surface area contributed by atoms with Crippen molar-refractivity contribution in [3.05, 3.63) is 42.5 Å². The van der Waals surface area contributed by atoms with Crippen molar-refractivity contribution in [2.75, 3.05) is 5.73 Å². The van der Waals surface area contributed by atoms with Crippen LogP contribution in [0.2, 0.25) is 0 Å². The fraction of sp³-hybridized carbons (Fsp3) is 0.143. The summed E-state index contributed by atoms with van der Waals surface area (Å²) in [6, 6.07) is 14.2. The van der Waals surface area contributed by atoms with Crippen LogP contribution in [-0.4, -0.2) is 4.98 Å². The molecule has 3 rings (SSSR count). The van der Waals surface area contributed by atoms with E-state index in [-0.39, 0.29) is 0 Å². The summed E-state index contributed by atoms with van der Waals surface area (Å²) in [6.07, 6.45) is 0. The minimum atomic E-state index is 0.795. The van der Waals surface area contributed by atoms with E-state index in [1.165, 1.54) is 10.8 Å². The van der Waals surface area contributed by atoms with Gasteiger partial charge in [-0.1, -0.05) is 38.1 Å². The Bertz CT molecular complexity index is 608. The first-order valence-corrected chi connectivity index (χ1v) is 5.60. The van der Waals surface area contributed by atoms with Gasteiger partial charge in [0.15, 0.2) is 0 Å². The second kappa shape index (κ2) is 4.27. The van der Waals surface area contributed by atoms with Crippen molar-refractivity contribution in [2.24, 2.45) is 0 Å². The first-order chi connectivity index (χ1) is 7.84. The summed E-state index contributed by atoms with van der Waals surface area (Å²) in [5.74, 6) is 0. The molecule has 3 N–H and O–H groups in total. The Morgan fingerprint density at radius 3 is 2.38 bits per heavy atom. The molecule has 0 spiro atoms. The zero-order valence-electron chi connectivity index (χ0n) is 9.62. The number of nitrogen functional groups attached to an aromatic ring is 1. The summed E-state index contributed by atoms with van der Waals surface area (Å²) in [7, 11) is 0. The van der Waals surface area contributed by atoms with Crippen LogP contribution in [0, 0.1) is 0 Å². The van der Waals surface area contributed by atoms with Gasteiger partial charge in [0.1, 0.15) is 0 Å². The van der Waals surface area contributed by atoms with E-state index < -0.39 is 0 Å². The number of rotatable bonds is 0. The van der Waals surface area contributed by atoms with Crippen molar-refractivity contribution in [1.29, 1.82) is 0 Å². The first-order valence-electron chi connectivity index (χ1n) is 5.60. The molecule has 0 bridgehead atoms. The van der Waals surface area contributed by atoms with E-state index in [2.05, 4.69) is 23.2 Å². The molecule has 2 nitrogen and oxygen atoms in total. The van der Waals surface area contributed by atoms with Gasteiger partial charge in [0.05, 0.1) is 0 Å². The Hall–Kier alpha value is -1.96. The lowest BCUT2D eigenvalue weighted by atomic mass is 10.1. The molecule has 0 saturated carbocycles. The van der Waals surface area contributed by atoms with E-state index in [1.807, 2.05) is 38.1 Å². The SMILES string of the molecule is CC.Nc1ccc2c(c1)[nH]c1ccccc12. The van der Waals surface area contributed by atoms with Gasteiger partial charge in [-0.25, -0.2) is 0 Å². The molecule has 0 saturated heterocycles. The van der Waals surface area contributed by atoms with Crippen molar-refractivity contribution in [1.82, 2.24) is 4.98 Å². The van der Waals surface area contributed by atoms with Crippen molar-refractivity contribution < 1.29 is 0 Å². The van der Waals surface area contributed by atoms with Gasteiger partial charge < -0.3 is 10.7 Å². The quantitative estimate of drug-likeness (QED) is 0.545. The monoisotopic (exact) mass is 212 g/mol. The maximum atomic E-state index is 5.73. The van der Waals surface area contributed by atoms with Crippen LogP contribution in [-0.2, 0) is 0 Å². The first kappa shape index (κ1) is 10.6. The second-order valence-electron chi connectivity index (χ2n) is 3.48. The maximum Gasteiger partial charge on any atom is 0.0485 e. The Kier molecular flexibility index (Phi) is 2.82. The molecule has 0 fully saturated rings. The normalized spacial score (nSPS) is 10.1. The van der Waals surface area contributed by atoms with E-state index in [4.69, 9.17) is 5.73 Å². The van der Waals surface area contributed by atoms with Crippen molar-refractivity contribution in [3.63, 3.8) is 0 Å². The van der Waals surface area contributed by atoms with Gasteiger partial charge in [-0.2, -0.15) is 0 Å². The van der Waals surface area contributed by atoms with Gasteiger partial charge in [-0.3, -0.25) is 0 Å². The Labute approximate surface area is 95.1 Å². The summed E-state index contributed by atoms with van der Waals surface area (Å²) >= 11 is 0. The lowest BCUT2D eigenvalue weighted by Crippen LogP contribution is -1.81. The third-order valence-electron chi connectivity index (χ3n) is 2.53. The average Bonchev–Trinajstić information content (AvgIpc) is 2.68. The van der Waals surface area contributed by atoms with Crippen LogP contribution in [0.4, 0.5) is 5.69 Å². The third kappa shape index (κ3) is 1.63. The molecule has 82 valence electrons. The Morgan fingerprint density at radius 1 is 0.875 bits per heavy atom. The zero-order chi connectivity index (χ0) is 11.5. The molecule has 0 atom stereocenters. The van der Waals surface area contributed by atoms with Crippen molar-refractivity contribution in [3.8, 4) is 0 Å². The van der Waals surface area contributed by atoms with E-state index >= 15 is 0 Å². The standard InChI is InChI=1S/C12H10N2.C2H6/c13-8-5-6-10-9-3-1-2-4-11(9)14-12(10)7-8;1-2/h1-7,14H,13H2;1-2H3. The molecule has 0 unspecified atom stereocenters. The lowest BCUT2D eigenvalue weighted by molar-refractivity contribution is 1.50. The van der Waals surface area contributed by atoms with E-state index in [9.17, 15) is 0 Å². The summed E-state index contributed by atoms with van der Waals surface area (Å²) < 4.78 is 0. The Morgan fingerprint density at radius 2 is 1.56 bits per heavy atom. The fourth-order valence-corrected chi connectivity index (χ4v) is 1.87. The molecule has 16 heavy (non-hydrogen) atoms. The number of benzene rings is 2. The predicted molar refractivity (Wildman–Crippen MR) is 71.6 cm³/mol. The van der Waals surface area contributed by atoms with Gasteiger partial charge in [0.25, 0.3) is 0 Å². The van der Waals surface area contributed by atoms with Gasteiger partial charge in [-0.15, -0.1) is 0 Å². The van der Waals surface area contributed by atoms with Crippen LogP contribution >= 0.6 is 0 Å². The molecule has 0 aliphatic rings. The lowest BCUT2D eigenvalue weighted by Gasteiger charge is -1.92. The molecular weight excluding hydrogens is 196 g/mol. The molecule has 0 aliphatic carbocycles. The smallest absolute Gasteiger partial charge is 0.0485 e. The van der Waals surface area contributed by atoms with Crippen LogP contribution in [0.5, 0.6) is 0 Å². The minimum Gasteiger partial charge on any atom is -0.399 e. The molecule has 1 heterocycles. The van der Waals surface area contributed by atoms with Crippen LogP contribution in [0.3, 0.4) is 0 Å². The van der Waals surface area contributed by atoms with Gasteiger partial charge in [-0.05, 0) is 18.2 Å². The van der Waals surface area contributed by atoms with Crippen molar-refractivity contribution >= 4 is 27.5 Å². The number of aromatic amines is 1. The van der Waals surface area contributed by atoms with Gasteiger partial charge >= 0.3 is 0 Å². The highest BCUT2D eigenvalue weighted by Crippen LogP contribution is 2.26. The number of para-hydroxylation sites is 1. The van der Waals surface area contributed by atoms with Crippen LogP contribution < -0.4 is 5.73 Å². The molecule has 0 aliphatic heterocycles. The third-order valence-corrected chi connectivity index (χ3v) is 2.53. The predicted octanol–water partition coefficient (Wildman–Crippen LogP) is 3.93. The number of hydrogen-bond acceptors (Lipinski definition) is 1. The van der Waals surface area contributed by atoms with Crippen LogP contribution in [0.25, 0.3) is 21.8 Å². The van der Waals surface area contributed by atoms with E-state index in [0.717, 1.165) is 16.7 Å². The summed E-state index contributed by atoms with van der Waals surface area (Å²) in [5.41, 5.74) is 8.78. The largest absolute Gasteiger partial charge is 0.399 e. The van der Waals surface area contributed by atoms with E-state index in [0.29, 0.717) is 0 Å². The number of H-pyrrole nitrogens is 1. The molecule has 3 aromatic rings. The van der Waals surface area contributed by atoms with Crippen LogP contribution in [0.1, 0.15) is 13.8 Å². The maximum absolute atomic E-state index is 5.73. The number of aromatic nitrogens is 1. The minimum absolute atomic E-state index is 0.795. The molecular formula is C14H16N2. The van der Waals surface area contributed by atoms with Gasteiger partial charge in [0, 0.05) is 27.5 Å². The summed E-state index contributed by atoms with van der Waals surface area (Å²) in [5, 5.41) is 2.48. The number of anilines is 1. The average molecular weight is 212 g/mol. The van der Waals surface area contributed by atoms with Gasteiger partial charge in [0.2, 0.25) is 0 Å². The molecule has 1 aromatic heterocycles. The summed E-state index contributed by atoms with van der Waals surface area (Å²) in [6.45, 7) is 4.00. The Balaban J connectivity index is 0.000000457. The fourth-order valence-electron chi connectivity index (χ4n) is 1.87. The highest BCUT2D eigenvalue weighted by atomic mass is 14.7. The highest BCUT2D eigenvalue weighted by Gasteiger charge is 2.02. The second-order valence-corrected chi connectivity index (χ2v) is 3.48. The zero-order valence-corrected chi connectivity index (χ0v) is 9.62. The number of hydrogen-bond donors (Lipinski definition) is 2. The highest BCUT2D eigenvalue weighted by molar-refractivity contribution is 6.07. The molecule has 0 amide bonds. The van der Waals surface area contributed by atoms with Crippen molar-refractivity contribution in [2.45, 2.75) is 13.8 Å². The number of nitrogens with one attached hydrogen (secondary N) is 1. The summed E-state index contributed by atoms with van der Waals surface area (Å²) in [4.78, 5) is 3.34.